The van der Waals surface area contributed by atoms with Crippen molar-refractivity contribution >= 4 is 5.69 Å². The maximum Gasteiger partial charge on any atom is 0.0642 e. The minimum atomic E-state index is 0.539. The van der Waals surface area contributed by atoms with Gasteiger partial charge in [0.05, 0.1) is 13.2 Å². The molecule has 0 spiro atoms. The minimum Gasteiger partial charge on any atom is -0.378 e. The lowest BCUT2D eigenvalue weighted by Gasteiger charge is -2.35. The number of anilines is 1. The SMILES string of the molecule is CCN1CCC(CCCNCC2Cc3c(cccc3N3CCOCC3)CN2)CC1. The van der Waals surface area contributed by atoms with Gasteiger partial charge in [-0.05, 0) is 81.4 Å². The largest absolute Gasteiger partial charge is 0.378 e. The van der Waals surface area contributed by atoms with Crippen LogP contribution in [0.3, 0.4) is 0 Å². The van der Waals surface area contributed by atoms with Gasteiger partial charge >= 0.3 is 0 Å². The number of likely N-dealkylation sites (tertiary alicyclic amines) is 1. The highest BCUT2D eigenvalue weighted by Crippen LogP contribution is 2.29. The van der Waals surface area contributed by atoms with Crippen molar-refractivity contribution in [3.8, 4) is 0 Å². The summed E-state index contributed by atoms with van der Waals surface area (Å²) in [4.78, 5) is 5.11. The van der Waals surface area contributed by atoms with Crippen LogP contribution in [-0.2, 0) is 17.7 Å². The Hall–Kier alpha value is -1.14. The average Bonchev–Trinajstić information content (AvgIpc) is 2.79. The number of hydrogen-bond donors (Lipinski definition) is 2. The number of nitrogens with one attached hydrogen (secondary N) is 2. The molecule has 0 aliphatic carbocycles. The van der Waals surface area contributed by atoms with E-state index in [1.165, 1.54) is 56.6 Å². The molecule has 0 amide bonds. The van der Waals surface area contributed by atoms with E-state index < -0.39 is 0 Å². The standard InChI is InChI=1S/C24H40N4O/c1-2-27-11-8-20(9-12-27)5-4-10-25-19-22-17-23-21(18-26-22)6-3-7-24(23)28-13-15-29-16-14-28/h3,6-7,20,22,25-26H,2,4-5,8-19H2,1H3. The second kappa shape index (κ2) is 10.8. The van der Waals surface area contributed by atoms with E-state index in [0.717, 1.165) is 58.3 Å². The molecule has 1 aromatic rings. The van der Waals surface area contributed by atoms with Gasteiger partial charge in [0.25, 0.3) is 0 Å². The van der Waals surface area contributed by atoms with Crippen molar-refractivity contribution in [2.75, 3.05) is 63.9 Å². The maximum atomic E-state index is 5.55. The predicted molar refractivity (Wildman–Crippen MR) is 121 cm³/mol. The Morgan fingerprint density at radius 1 is 1.14 bits per heavy atom. The minimum absolute atomic E-state index is 0.539. The van der Waals surface area contributed by atoms with Gasteiger partial charge in [-0.25, -0.2) is 0 Å². The van der Waals surface area contributed by atoms with Crippen LogP contribution in [0.15, 0.2) is 18.2 Å². The number of rotatable bonds is 8. The molecule has 162 valence electrons. The summed E-state index contributed by atoms with van der Waals surface area (Å²) in [5, 5.41) is 7.48. The second-order valence-corrected chi connectivity index (χ2v) is 9.02. The summed E-state index contributed by atoms with van der Waals surface area (Å²) in [5.41, 5.74) is 4.47. The zero-order chi connectivity index (χ0) is 19.9. The number of fused-ring (bicyclic) bond motifs is 1. The molecule has 4 rings (SSSR count). The molecule has 3 aliphatic rings. The molecule has 2 saturated heterocycles. The lowest BCUT2D eigenvalue weighted by atomic mass is 9.92. The first-order chi connectivity index (χ1) is 14.3. The van der Waals surface area contributed by atoms with Crippen LogP contribution in [0.2, 0.25) is 0 Å². The van der Waals surface area contributed by atoms with Crippen molar-refractivity contribution < 1.29 is 4.74 Å². The first-order valence-electron chi connectivity index (χ1n) is 11.9. The van der Waals surface area contributed by atoms with Crippen molar-refractivity contribution in [2.45, 2.75) is 51.6 Å². The van der Waals surface area contributed by atoms with Crippen molar-refractivity contribution in [1.29, 1.82) is 0 Å². The van der Waals surface area contributed by atoms with Gasteiger partial charge in [-0.3, -0.25) is 0 Å². The molecule has 3 heterocycles. The molecule has 1 unspecified atom stereocenters. The molecule has 29 heavy (non-hydrogen) atoms. The fraction of sp³-hybridized carbons (Fsp3) is 0.750. The quantitative estimate of drug-likeness (QED) is 0.657. The lowest BCUT2D eigenvalue weighted by molar-refractivity contribution is 0.122. The van der Waals surface area contributed by atoms with E-state index in [4.69, 9.17) is 4.74 Å². The molecule has 5 nitrogen and oxygen atoms in total. The number of benzene rings is 1. The third kappa shape index (κ3) is 5.72. The Morgan fingerprint density at radius 3 is 2.76 bits per heavy atom. The normalized spacial score (nSPS) is 23.9. The maximum absolute atomic E-state index is 5.55. The second-order valence-electron chi connectivity index (χ2n) is 9.02. The number of piperidine rings is 1. The van der Waals surface area contributed by atoms with Crippen LogP contribution in [0.4, 0.5) is 5.69 Å². The van der Waals surface area contributed by atoms with Gasteiger partial charge < -0.3 is 25.2 Å². The molecule has 0 bridgehead atoms. The lowest BCUT2D eigenvalue weighted by Crippen LogP contribution is -2.44. The van der Waals surface area contributed by atoms with E-state index in [1.807, 2.05) is 0 Å². The Balaban J connectivity index is 1.19. The van der Waals surface area contributed by atoms with Crippen LogP contribution in [0, 0.1) is 5.92 Å². The number of nitrogens with zero attached hydrogens (tertiary/aromatic N) is 2. The molecule has 1 atom stereocenters. The summed E-state index contributed by atoms with van der Waals surface area (Å²) in [6.07, 6.45) is 6.65. The van der Waals surface area contributed by atoms with Gasteiger partial charge in [0.1, 0.15) is 0 Å². The van der Waals surface area contributed by atoms with Crippen LogP contribution in [-0.4, -0.2) is 70.0 Å². The molecule has 5 heteroatoms. The van der Waals surface area contributed by atoms with Crippen molar-refractivity contribution in [2.24, 2.45) is 5.92 Å². The predicted octanol–water partition coefficient (Wildman–Crippen LogP) is 2.64. The van der Waals surface area contributed by atoms with E-state index in [0.29, 0.717) is 6.04 Å². The van der Waals surface area contributed by atoms with E-state index in [2.05, 4.69) is 45.6 Å². The molecule has 0 aromatic heterocycles. The topological polar surface area (TPSA) is 39.8 Å². The summed E-state index contributed by atoms with van der Waals surface area (Å²) >= 11 is 0. The van der Waals surface area contributed by atoms with Crippen LogP contribution < -0.4 is 15.5 Å². The van der Waals surface area contributed by atoms with Crippen molar-refractivity contribution in [3.05, 3.63) is 29.3 Å². The highest BCUT2D eigenvalue weighted by atomic mass is 16.5. The first-order valence-corrected chi connectivity index (χ1v) is 11.9. The Labute approximate surface area is 177 Å². The summed E-state index contributed by atoms with van der Waals surface area (Å²) in [6, 6.07) is 7.36. The van der Waals surface area contributed by atoms with Gasteiger partial charge in [0.2, 0.25) is 0 Å². The third-order valence-corrected chi connectivity index (χ3v) is 7.14. The molecular weight excluding hydrogens is 360 g/mol. The molecule has 0 saturated carbocycles. The molecule has 1 aromatic carbocycles. The fourth-order valence-corrected chi connectivity index (χ4v) is 5.22. The Kier molecular flexibility index (Phi) is 7.83. The zero-order valence-corrected chi connectivity index (χ0v) is 18.3. The zero-order valence-electron chi connectivity index (χ0n) is 18.3. The third-order valence-electron chi connectivity index (χ3n) is 7.14. The fourth-order valence-electron chi connectivity index (χ4n) is 5.22. The molecule has 2 fully saturated rings. The van der Waals surface area contributed by atoms with Gasteiger partial charge in [0, 0.05) is 37.9 Å². The van der Waals surface area contributed by atoms with Crippen molar-refractivity contribution in [3.63, 3.8) is 0 Å². The van der Waals surface area contributed by atoms with E-state index in [-0.39, 0.29) is 0 Å². The van der Waals surface area contributed by atoms with Crippen LogP contribution >= 0.6 is 0 Å². The number of hydrogen-bond acceptors (Lipinski definition) is 5. The summed E-state index contributed by atoms with van der Waals surface area (Å²) in [5.74, 6) is 0.954. The smallest absolute Gasteiger partial charge is 0.0642 e. The summed E-state index contributed by atoms with van der Waals surface area (Å²) < 4.78 is 5.55. The highest BCUT2D eigenvalue weighted by molar-refractivity contribution is 5.58. The Morgan fingerprint density at radius 2 is 1.97 bits per heavy atom. The Bertz CT molecular complexity index is 623. The molecule has 0 radical (unpaired) electrons. The monoisotopic (exact) mass is 400 g/mol. The van der Waals surface area contributed by atoms with E-state index in [9.17, 15) is 0 Å². The van der Waals surface area contributed by atoms with Crippen LogP contribution in [0.25, 0.3) is 0 Å². The van der Waals surface area contributed by atoms with Gasteiger partial charge in [-0.15, -0.1) is 0 Å². The number of ether oxygens (including phenoxy) is 1. The summed E-state index contributed by atoms with van der Waals surface area (Å²) in [6.45, 7) is 13.1. The molecule has 2 N–H and O–H groups in total. The van der Waals surface area contributed by atoms with Gasteiger partial charge in [-0.2, -0.15) is 0 Å². The van der Waals surface area contributed by atoms with Crippen LogP contribution in [0.5, 0.6) is 0 Å². The van der Waals surface area contributed by atoms with Crippen molar-refractivity contribution in [1.82, 2.24) is 15.5 Å². The van der Waals surface area contributed by atoms with E-state index >= 15 is 0 Å². The highest BCUT2D eigenvalue weighted by Gasteiger charge is 2.23. The average molecular weight is 401 g/mol. The van der Waals surface area contributed by atoms with E-state index in [1.54, 1.807) is 5.56 Å². The summed E-state index contributed by atoms with van der Waals surface area (Å²) in [7, 11) is 0. The van der Waals surface area contributed by atoms with Gasteiger partial charge in [-0.1, -0.05) is 19.1 Å². The number of morpholine rings is 1. The van der Waals surface area contributed by atoms with Crippen LogP contribution in [0.1, 0.15) is 43.7 Å². The van der Waals surface area contributed by atoms with Gasteiger partial charge in [0.15, 0.2) is 0 Å². The molecule has 3 aliphatic heterocycles. The molecular formula is C24H40N4O. The first kappa shape index (κ1) is 21.1.